The lowest BCUT2D eigenvalue weighted by Gasteiger charge is -2.18. The molecule has 0 atom stereocenters. The Hall–Kier alpha value is -3.24. The van der Waals surface area contributed by atoms with Crippen molar-refractivity contribution >= 4 is 28.1 Å². The van der Waals surface area contributed by atoms with Gasteiger partial charge in [0.15, 0.2) is 0 Å². The van der Waals surface area contributed by atoms with E-state index in [0.29, 0.717) is 24.4 Å². The first-order valence-corrected chi connectivity index (χ1v) is 11.1. The van der Waals surface area contributed by atoms with Gasteiger partial charge in [-0.1, -0.05) is 26.0 Å². The first-order valence-electron chi connectivity index (χ1n) is 9.66. The molecule has 166 valence electrons. The van der Waals surface area contributed by atoms with E-state index < -0.39 is 21.8 Å². The van der Waals surface area contributed by atoms with Crippen LogP contribution in [0.1, 0.15) is 29.8 Å². The van der Waals surface area contributed by atoms with Gasteiger partial charge in [0.1, 0.15) is 5.75 Å². The number of para-hydroxylation sites is 1. The normalized spacial score (nSPS) is 11.5. The van der Waals surface area contributed by atoms with Crippen molar-refractivity contribution in [3.05, 3.63) is 59.7 Å². The monoisotopic (exact) mass is 446 g/mol. The zero-order valence-corrected chi connectivity index (χ0v) is 18.5. The molecule has 31 heavy (non-hydrogen) atoms. The summed E-state index contributed by atoms with van der Waals surface area (Å²) < 4.78 is 31.5. The summed E-state index contributed by atoms with van der Waals surface area (Å²) in [6, 6.07) is 12.7. The number of benzene rings is 2. The second-order valence-corrected chi connectivity index (χ2v) is 8.27. The van der Waals surface area contributed by atoms with Gasteiger partial charge in [0.05, 0.1) is 24.8 Å². The van der Waals surface area contributed by atoms with Gasteiger partial charge in [-0.25, -0.2) is 13.8 Å². The SMILES string of the molecule is CCN(CC)S(=O)(=O)c1ccc(C(=O)NCC(=O)NN=Cc2ccccc2OC)cc1. The number of carbonyl (C=O) groups is 2. The molecule has 0 bridgehead atoms. The number of rotatable bonds is 10. The van der Waals surface area contributed by atoms with Gasteiger partial charge in [-0.2, -0.15) is 9.41 Å². The van der Waals surface area contributed by atoms with E-state index >= 15 is 0 Å². The molecule has 0 radical (unpaired) electrons. The van der Waals surface area contributed by atoms with E-state index in [1.54, 1.807) is 26.0 Å². The number of nitrogens with zero attached hydrogens (tertiary/aromatic N) is 2. The Labute approximate surface area is 182 Å². The predicted molar refractivity (Wildman–Crippen MR) is 118 cm³/mol. The van der Waals surface area contributed by atoms with E-state index in [1.165, 1.54) is 41.9 Å². The minimum absolute atomic E-state index is 0.108. The summed E-state index contributed by atoms with van der Waals surface area (Å²) in [5, 5.41) is 6.31. The average Bonchev–Trinajstić information content (AvgIpc) is 2.78. The molecule has 0 aromatic heterocycles. The molecule has 2 aromatic rings. The number of sulfonamides is 1. The van der Waals surface area contributed by atoms with Crippen LogP contribution in [0.15, 0.2) is 58.5 Å². The predicted octanol–water partition coefficient (Wildman–Crippen LogP) is 1.61. The van der Waals surface area contributed by atoms with Crippen LogP contribution in [-0.4, -0.2) is 57.5 Å². The van der Waals surface area contributed by atoms with E-state index in [-0.39, 0.29) is 17.0 Å². The second kappa shape index (κ2) is 11.2. The van der Waals surface area contributed by atoms with E-state index in [1.807, 2.05) is 12.1 Å². The van der Waals surface area contributed by atoms with Crippen LogP contribution in [0.5, 0.6) is 5.75 Å². The van der Waals surface area contributed by atoms with Crippen LogP contribution >= 0.6 is 0 Å². The summed E-state index contributed by atoms with van der Waals surface area (Å²) in [4.78, 5) is 24.2. The Kier molecular flexibility index (Phi) is 8.71. The summed E-state index contributed by atoms with van der Waals surface area (Å²) in [6.45, 7) is 3.94. The molecule has 2 N–H and O–H groups in total. The molecule has 10 heteroatoms. The fourth-order valence-corrected chi connectivity index (χ4v) is 4.20. The van der Waals surface area contributed by atoms with Gasteiger partial charge in [0.2, 0.25) is 10.0 Å². The fourth-order valence-electron chi connectivity index (χ4n) is 2.74. The molecule has 0 aliphatic carbocycles. The Balaban J connectivity index is 1.91. The van der Waals surface area contributed by atoms with Crippen molar-refractivity contribution in [1.29, 1.82) is 0 Å². The molecular weight excluding hydrogens is 420 g/mol. The van der Waals surface area contributed by atoms with Gasteiger partial charge >= 0.3 is 0 Å². The number of nitrogens with one attached hydrogen (secondary N) is 2. The first kappa shape index (κ1) is 24.0. The third-order valence-corrected chi connectivity index (χ3v) is 6.47. The maximum Gasteiger partial charge on any atom is 0.259 e. The Bertz CT molecular complexity index is 1030. The van der Waals surface area contributed by atoms with Gasteiger partial charge in [-0.3, -0.25) is 9.59 Å². The molecule has 2 amide bonds. The highest BCUT2D eigenvalue weighted by Gasteiger charge is 2.21. The van der Waals surface area contributed by atoms with Gasteiger partial charge in [-0.15, -0.1) is 0 Å². The van der Waals surface area contributed by atoms with Gasteiger partial charge in [0, 0.05) is 24.2 Å². The summed E-state index contributed by atoms with van der Waals surface area (Å²) in [5.41, 5.74) is 3.25. The van der Waals surface area contributed by atoms with Crippen LogP contribution < -0.4 is 15.5 Å². The standard InChI is InChI=1S/C21H26N4O5S/c1-4-25(5-2)31(28,29)18-12-10-16(11-13-18)21(27)22-15-20(26)24-23-14-17-8-6-7-9-19(17)30-3/h6-14H,4-5,15H2,1-3H3,(H,22,27)(H,24,26). The highest BCUT2D eigenvalue weighted by Crippen LogP contribution is 2.16. The van der Waals surface area contributed by atoms with Crippen molar-refractivity contribution in [2.75, 3.05) is 26.7 Å². The lowest BCUT2D eigenvalue weighted by molar-refractivity contribution is -0.120. The molecule has 0 heterocycles. The molecule has 0 fully saturated rings. The number of hydrogen-bond acceptors (Lipinski definition) is 6. The maximum absolute atomic E-state index is 12.5. The topological polar surface area (TPSA) is 117 Å². The van der Waals surface area contributed by atoms with Crippen LogP contribution in [0.25, 0.3) is 0 Å². The third kappa shape index (κ3) is 6.37. The zero-order valence-electron chi connectivity index (χ0n) is 17.7. The third-order valence-electron chi connectivity index (χ3n) is 4.40. The highest BCUT2D eigenvalue weighted by molar-refractivity contribution is 7.89. The van der Waals surface area contributed by atoms with Crippen LogP contribution in [-0.2, 0) is 14.8 Å². The summed E-state index contributed by atoms with van der Waals surface area (Å²) in [6.07, 6.45) is 1.44. The molecular formula is C21H26N4O5S. The van der Waals surface area contributed by atoms with Crippen molar-refractivity contribution < 1.29 is 22.7 Å². The number of hydrogen-bond donors (Lipinski definition) is 2. The second-order valence-electron chi connectivity index (χ2n) is 6.33. The van der Waals surface area contributed by atoms with Crippen molar-refractivity contribution in [3.63, 3.8) is 0 Å². The minimum atomic E-state index is -3.59. The number of hydrazone groups is 1. The smallest absolute Gasteiger partial charge is 0.259 e. The van der Waals surface area contributed by atoms with Gasteiger partial charge in [-0.05, 0) is 36.4 Å². The Morgan fingerprint density at radius 1 is 1.06 bits per heavy atom. The quantitative estimate of drug-likeness (QED) is 0.425. The van der Waals surface area contributed by atoms with Crippen LogP contribution in [0.3, 0.4) is 0 Å². The molecule has 0 saturated carbocycles. The zero-order chi connectivity index (χ0) is 22.9. The van der Waals surface area contributed by atoms with Gasteiger partial charge in [0.25, 0.3) is 11.8 Å². The maximum atomic E-state index is 12.5. The summed E-state index contributed by atoms with van der Waals surface area (Å²) in [5.74, 6) is -0.406. The summed E-state index contributed by atoms with van der Waals surface area (Å²) >= 11 is 0. The molecule has 0 spiro atoms. The van der Waals surface area contributed by atoms with Crippen molar-refractivity contribution in [1.82, 2.24) is 15.0 Å². The van der Waals surface area contributed by atoms with E-state index in [4.69, 9.17) is 4.74 Å². The van der Waals surface area contributed by atoms with E-state index in [0.717, 1.165) is 0 Å². The van der Waals surface area contributed by atoms with Crippen molar-refractivity contribution in [2.24, 2.45) is 5.10 Å². The lowest BCUT2D eigenvalue weighted by Crippen LogP contribution is -2.35. The molecule has 2 aromatic carbocycles. The molecule has 0 saturated heterocycles. The molecule has 0 aliphatic heterocycles. The number of carbonyl (C=O) groups excluding carboxylic acids is 2. The van der Waals surface area contributed by atoms with E-state index in [9.17, 15) is 18.0 Å². The first-order chi connectivity index (χ1) is 14.8. The fraction of sp³-hybridized carbons (Fsp3) is 0.286. The number of ether oxygens (including phenoxy) is 1. The minimum Gasteiger partial charge on any atom is -0.496 e. The van der Waals surface area contributed by atoms with Crippen molar-refractivity contribution in [3.8, 4) is 5.75 Å². The van der Waals surface area contributed by atoms with E-state index in [2.05, 4.69) is 15.8 Å². The Morgan fingerprint density at radius 2 is 1.71 bits per heavy atom. The van der Waals surface area contributed by atoms with Crippen LogP contribution in [0, 0.1) is 0 Å². The molecule has 0 aliphatic rings. The van der Waals surface area contributed by atoms with Gasteiger partial charge < -0.3 is 10.1 Å². The Morgan fingerprint density at radius 3 is 2.32 bits per heavy atom. The average molecular weight is 447 g/mol. The van der Waals surface area contributed by atoms with Crippen LogP contribution in [0.2, 0.25) is 0 Å². The highest BCUT2D eigenvalue weighted by atomic mass is 32.2. The lowest BCUT2D eigenvalue weighted by atomic mass is 10.2. The molecule has 9 nitrogen and oxygen atoms in total. The van der Waals surface area contributed by atoms with Crippen molar-refractivity contribution in [2.45, 2.75) is 18.7 Å². The largest absolute Gasteiger partial charge is 0.496 e. The number of methoxy groups -OCH3 is 1. The molecule has 2 rings (SSSR count). The number of amides is 2. The van der Waals surface area contributed by atoms with Crippen LogP contribution in [0.4, 0.5) is 0 Å². The molecule has 0 unspecified atom stereocenters. The summed E-state index contributed by atoms with van der Waals surface area (Å²) in [7, 11) is -2.06.